The third kappa shape index (κ3) is 5.71. The summed E-state index contributed by atoms with van der Waals surface area (Å²) in [4.78, 5) is 36.4. The summed E-state index contributed by atoms with van der Waals surface area (Å²) in [5.74, 6) is -1.14. The number of urea groups is 1. The topological polar surface area (TPSA) is 128 Å². The molecule has 0 unspecified atom stereocenters. The number of carbonyl (C=O) groups is 3. The maximum absolute atomic E-state index is 12.6. The molecule has 29 heavy (non-hydrogen) atoms. The first-order valence-electron chi connectivity index (χ1n) is 9.32. The Bertz CT molecular complexity index is 902. The molecule has 1 fully saturated rings. The summed E-state index contributed by atoms with van der Waals surface area (Å²) in [6.07, 6.45) is 5.47. The van der Waals surface area contributed by atoms with Crippen LogP contribution >= 0.6 is 0 Å². The molecule has 10 nitrogen and oxygen atoms in total. The minimum atomic E-state index is -0.796. The van der Waals surface area contributed by atoms with Gasteiger partial charge >= 0.3 is 12.0 Å². The van der Waals surface area contributed by atoms with Crippen molar-refractivity contribution in [2.24, 2.45) is 0 Å². The van der Waals surface area contributed by atoms with E-state index in [-0.39, 0.29) is 11.7 Å². The van der Waals surface area contributed by atoms with Crippen molar-refractivity contribution in [3.63, 3.8) is 0 Å². The second kappa shape index (κ2) is 9.58. The number of rotatable bonds is 6. The molecule has 0 spiro atoms. The number of ether oxygens (including phenoxy) is 1. The summed E-state index contributed by atoms with van der Waals surface area (Å²) >= 11 is 0. The number of nitrogens with zero attached hydrogens (tertiary/aromatic N) is 4. The van der Waals surface area contributed by atoms with E-state index in [2.05, 4.69) is 26.2 Å². The number of amides is 3. The SMILES string of the molecule is Cc1nnnn1/C(=C\c1ccccc1)C(=O)OCC(=O)NC(=O)NC1CCCC1. The molecule has 2 aromatic rings. The summed E-state index contributed by atoms with van der Waals surface area (Å²) in [6.45, 7) is 1.02. The molecule has 1 aromatic carbocycles. The van der Waals surface area contributed by atoms with Crippen LogP contribution < -0.4 is 10.6 Å². The number of tetrazole rings is 1. The molecular formula is C19H22N6O4. The third-order valence-corrected chi connectivity index (χ3v) is 4.44. The second-order valence-corrected chi connectivity index (χ2v) is 6.66. The highest BCUT2D eigenvalue weighted by molar-refractivity contribution is 6.15. The smallest absolute Gasteiger partial charge is 0.357 e. The molecule has 1 aromatic heterocycles. The van der Waals surface area contributed by atoms with E-state index >= 15 is 0 Å². The molecule has 0 saturated heterocycles. The van der Waals surface area contributed by atoms with Crippen LogP contribution in [0, 0.1) is 6.92 Å². The van der Waals surface area contributed by atoms with Gasteiger partial charge in [0.1, 0.15) is 0 Å². The van der Waals surface area contributed by atoms with Gasteiger partial charge in [0.2, 0.25) is 0 Å². The van der Waals surface area contributed by atoms with Crippen LogP contribution in [0.1, 0.15) is 37.1 Å². The minimum absolute atomic E-state index is 0.0434. The highest BCUT2D eigenvalue weighted by Gasteiger charge is 2.21. The average molecular weight is 398 g/mol. The maximum Gasteiger partial charge on any atom is 0.357 e. The molecule has 1 heterocycles. The van der Waals surface area contributed by atoms with Crippen LogP contribution in [-0.2, 0) is 14.3 Å². The van der Waals surface area contributed by atoms with Gasteiger partial charge in [0.15, 0.2) is 18.1 Å². The fraction of sp³-hybridized carbons (Fsp3) is 0.368. The van der Waals surface area contributed by atoms with Crippen LogP contribution in [0.2, 0.25) is 0 Å². The molecule has 10 heteroatoms. The van der Waals surface area contributed by atoms with Crippen LogP contribution in [0.3, 0.4) is 0 Å². The molecule has 2 N–H and O–H groups in total. The molecule has 0 radical (unpaired) electrons. The van der Waals surface area contributed by atoms with Gasteiger partial charge in [-0.25, -0.2) is 9.59 Å². The molecule has 3 rings (SSSR count). The fourth-order valence-corrected chi connectivity index (χ4v) is 3.03. The van der Waals surface area contributed by atoms with E-state index in [1.54, 1.807) is 25.1 Å². The summed E-state index contributed by atoms with van der Waals surface area (Å²) in [7, 11) is 0. The Kier molecular flexibility index (Phi) is 6.67. The Hall–Kier alpha value is -3.56. The molecule has 1 saturated carbocycles. The number of benzene rings is 1. The van der Waals surface area contributed by atoms with Crippen LogP contribution in [0.25, 0.3) is 11.8 Å². The molecule has 0 atom stereocenters. The maximum atomic E-state index is 12.6. The lowest BCUT2D eigenvalue weighted by molar-refractivity contribution is -0.142. The number of esters is 1. The Balaban J connectivity index is 1.61. The molecule has 152 valence electrons. The fourth-order valence-electron chi connectivity index (χ4n) is 3.03. The Morgan fingerprint density at radius 2 is 1.93 bits per heavy atom. The number of hydrogen-bond acceptors (Lipinski definition) is 7. The van der Waals surface area contributed by atoms with E-state index in [0.717, 1.165) is 31.2 Å². The van der Waals surface area contributed by atoms with Gasteiger partial charge in [-0.3, -0.25) is 10.1 Å². The molecule has 1 aliphatic carbocycles. The van der Waals surface area contributed by atoms with Crippen molar-refractivity contribution in [3.8, 4) is 0 Å². The van der Waals surface area contributed by atoms with Gasteiger partial charge in [-0.15, -0.1) is 5.10 Å². The van der Waals surface area contributed by atoms with Crippen LogP contribution in [0.5, 0.6) is 0 Å². The predicted octanol–water partition coefficient (Wildman–Crippen LogP) is 1.29. The number of aryl methyl sites for hydroxylation is 1. The van der Waals surface area contributed by atoms with Gasteiger partial charge in [0.25, 0.3) is 5.91 Å². The first-order valence-corrected chi connectivity index (χ1v) is 9.32. The number of aromatic nitrogens is 4. The zero-order valence-corrected chi connectivity index (χ0v) is 16.0. The predicted molar refractivity (Wildman–Crippen MR) is 103 cm³/mol. The van der Waals surface area contributed by atoms with Crippen LogP contribution in [-0.4, -0.2) is 50.8 Å². The molecule has 0 bridgehead atoms. The lowest BCUT2D eigenvalue weighted by Crippen LogP contribution is -2.45. The normalized spacial score (nSPS) is 14.4. The molecular weight excluding hydrogens is 376 g/mol. The zero-order valence-electron chi connectivity index (χ0n) is 16.0. The van der Waals surface area contributed by atoms with Crippen molar-refractivity contribution in [2.45, 2.75) is 38.6 Å². The van der Waals surface area contributed by atoms with Gasteiger partial charge in [0, 0.05) is 6.04 Å². The second-order valence-electron chi connectivity index (χ2n) is 6.66. The van der Waals surface area contributed by atoms with Crippen molar-refractivity contribution in [2.75, 3.05) is 6.61 Å². The van der Waals surface area contributed by atoms with E-state index in [0.29, 0.717) is 5.82 Å². The van der Waals surface area contributed by atoms with Gasteiger partial charge in [-0.2, -0.15) is 4.68 Å². The number of nitrogens with one attached hydrogen (secondary N) is 2. The lowest BCUT2D eigenvalue weighted by atomic mass is 10.2. The van der Waals surface area contributed by atoms with Crippen molar-refractivity contribution < 1.29 is 19.1 Å². The first-order chi connectivity index (χ1) is 14.0. The van der Waals surface area contributed by atoms with Gasteiger partial charge in [-0.05, 0) is 41.8 Å². The highest BCUT2D eigenvalue weighted by atomic mass is 16.5. The van der Waals surface area contributed by atoms with Crippen LogP contribution in [0.4, 0.5) is 4.79 Å². The van der Waals surface area contributed by atoms with Gasteiger partial charge in [0.05, 0.1) is 0 Å². The van der Waals surface area contributed by atoms with Crippen LogP contribution in [0.15, 0.2) is 30.3 Å². The number of carbonyl (C=O) groups excluding carboxylic acids is 3. The monoisotopic (exact) mass is 398 g/mol. The summed E-state index contributed by atoms with van der Waals surface area (Å²) in [5, 5.41) is 16.0. The zero-order chi connectivity index (χ0) is 20.6. The first kappa shape index (κ1) is 20.2. The summed E-state index contributed by atoms with van der Waals surface area (Å²) in [6, 6.07) is 8.57. The third-order valence-electron chi connectivity index (χ3n) is 4.44. The van der Waals surface area contributed by atoms with Gasteiger partial charge < -0.3 is 10.1 Å². The molecule has 0 aliphatic heterocycles. The number of hydrogen-bond donors (Lipinski definition) is 2. The van der Waals surface area contributed by atoms with Crippen molar-refractivity contribution in [1.82, 2.24) is 30.8 Å². The van der Waals surface area contributed by atoms with E-state index in [1.165, 1.54) is 4.68 Å². The molecule has 1 aliphatic rings. The van der Waals surface area contributed by atoms with E-state index < -0.39 is 24.5 Å². The van der Waals surface area contributed by atoms with Gasteiger partial charge in [-0.1, -0.05) is 43.2 Å². The highest BCUT2D eigenvalue weighted by Crippen LogP contribution is 2.17. The number of imide groups is 1. The minimum Gasteiger partial charge on any atom is -0.451 e. The van der Waals surface area contributed by atoms with Crippen molar-refractivity contribution >= 4 is 29.7 Å². The Morgan fingerprint density at radius 3 is 2.59 bits per heavy atom. The summed E-state index contributed by atoms with van der Waals surface area (Å²) < 4.78 is 6.29. The largest absolute Gasteiger partial charge is 0.451 e. The molecule has 3 amide bonds. The lowest BCUT2D eigenvalue weighted by Gasteiger charge is -2.12. The quantitative estimate of drug-likeness (QED) is 0.554. The van der Waals surface area contributed by atoms with E-state index in [1.807, 2.05) is 18.2 Å². The van der Waals surface area contributed by atoms with Crippen molar-refractivity contribution in [1.29, 1.82) is 0 Å². The Labute approximate surface area is 167 Å². The van der Waals surface area contributed by atoms with Crippen molar-refractivity contribution in [3.05, 3.63) is 41.7 Å². The van der Waals surface area contributed by atoms with E-state index in [4.69, 9.17) is 4.74 Å². The average Bonchev–Trinajstić information content (AvgIpc) is 3.36. The Morgan fingerprint density at radius 1 is 1.21 bits per heavy atom. The summed E-state index contributed by atoms with van der Waals surface area (Å²) in [5.41, 5.74) is 0.775. The standard InChI is InChI=1S/C19H22N6O4/c1-13-22-23-24-25(13)16(11-14-7-3-2-4-8-14)18(27)29-12-17(26)21-19(28)20-15-9-5-6-10-15/h2-4,7-8,11,15H,5-6,9-10,12H2,1H3,(H2,20,21,26,28)/b16-11-. The van der Waals surface area contributed by atoms with E-state index in [9.17, 15) is 14.4 Å².